The molecule has 21 heavy (non-hydrogen) atoms. The first-order valence-electron chi connectivity index (χ1n) is 6.88. The van der Waals surface area contributed by atoms with Crippen LogP contribution in [0.3, 0.4) is 0 Å². The largest absolute Gasteiger partial charge is 0.340 e. The predicted molar refractivity (Wildman–Crippen MR) is 77.3 cm³/mol. The van der Waals surface area contributed by atoms with E-state index in [1.165, 1.54) is 22.8 Å². The fourth-order valence-corrected chi connectivity index (χ4v) is 4.26. The molecular formula is C13H16ClN3O3S. The SMILES string of the molecule is O=C(C1CC1)N1CCN(S(=O)(=O)c2cnccc2Cl)CC1. The zero-order valence-electron chi connectivity index (χ0n) is 11.4. The van der Waals surface area contributed by atoms with Gasteiger partial charge >= 0.3 is 0 Å². The predicted octanol–water partition coefficient (Wildman–Crippen LogP) is 0.978. The zero-order valence-corrected chi connectivity index (χ0v) is 13.0. The van der Waals surface area contributed by atoms with Crippen LogP contribution in [0.25, 0.3) is 0 Å². The van der Waals surface area contributed by atoms with Crippen LogP contribution in [0, 0.1) is 5.92 Å². The molecule has 2 heterocycles. The molecule has 2 aliphatic rings. The summed E-state index contributed by atoms with van der Waals surface area (Å²) in [6.07, 6.45) is 4.64. The quantitative estimate of drug-likeness (QED) is 0.828. The van der Waals surface area contributed by atoms with Crippen LogP contribution in [-0.2, 0) is 14.8 Å². The molecule has 0 bridgehead atoms. The average Bonchev–Trinajstić information content (AvgIpc) is 3.31. The van der Waals surface area contributed by atoms with E-state index < -0.39 is 10.0 Å². The molecule has 1 aromatic rings. The van der Waals surface area contributed by atoms with Crippen LogP contribution in [0.5, 0.6) is 0 Å². The van der Waals surface area contributed by atoms with Crippen LogP contribution >= 0.6 is 11.6 Å². The van der Waals surface area contributed by atoms with Crippen LogP contribution in [0.1, 0.15) is 12.8 Å². The molecule has 0 unspecified atom stereocenters. The Morgan fingerprint density at radius 1 is 1.24 bits per heavy atom. The van der Waals surface area contributed by atoms with Gasteiger partial charge in [-0.15, -0.1) is 0 Å². The number of piperazine rings is 1. The van der Waals surface area contributed by atoms with Crippen molar-refractivity contribution in [3.63, 3.8) is 0 Å². The van der Waals surface area contributed by atoms with Gasteiger partial charge in [-0.25, -0.2) is 8.42 Å². The van der Waals surface area contributed by atoms with Crippen molar-refractivity contribution >= 4 is 27.5 Å². The van der Waals surface area contributed by atoms with Crippen LogP contribution in [0.2, 0.25) is 5.02 Å². The van der Waals surface area contributed by atoms with Crippen LogP contribution in [-0.4, -0.2) is 54.7 Å². The minimum Gasteiger partial charge on any atom is -0.340 e. The monoisotopic (exact) mass is 329 g/mol. The number of pyridine rings is 1. The number of carbonyl (C=O) groups excluding carboxylic acids is 1. The lowest BCUT2D eigenvalue weighted by Gasteiger charge is -2.34. The van der Waals surface area contributed by atoms with E-state index in [0.717, 1.165) is 12.8 Å². The molecule has 0 aromatic carbocycles. The fourth-order valence-electron chi connectivity index (χ4n) is 2.43. The molecule has 1 aliphatic carbocycles. The number of carbonyl (C=O) groups is 1. The maximum absolute atomic E-state index is 12.5. The summed E-state index contributed by atoms with van der Waals surface area (Å²) in [5.41, 5.74) is 0. The van der Waals surface area contributed by atoms with Crippen molar-refractivity contribution in [1.82, 2.24) is 14.2 Å². The molecule has 2 fully saturated rings. The lowest BCUT2D eigenvalue weighted by Crippen LogP contribution is -2.50. The van der Waals surface area contributed by atoms with E-state index in [4.69, 9.17) is 11.6 Å². The maximum atomic E-state index is 12.5. The van der Waals surface area contributed by atoms with Gasteiger partial charge in [-0.1, -0.05) is 11.6 Å². The van der Waals surface area contributed by atoms with E-state index in [1.54, 1.807) is 4.90 Å². The smallest absolute Gasteiger partial charge is 0.246 e. The molecule has 1 aliphatic heterocycles. The Bertz CT molecular complexity index is 652. The molecule has 1 saturated heterocycles. The number of sulfonamides is 1. The Morgan fingerprint density at radius 2 is 1.90 bits per heavy atom. The Balaban J connectivity index is 1.71. The fraction of sp³-hybridized carbons (Fsp3) is 0.538. The molecule has 0 atom stereocenters. The molecule has 8 heteroatoms. The van der Waals surface area contributed by atoms with E-state index in [1.807, 2.05) is 0 Å². The molecule has 114 valence electrons. The van der Waals surface area contributed by atoms with E-state index in [-0.39, 0.29) is 21.7 Å². The second-order valence-electron chi connectivity index (χ2n) is 5.31. The Morgan fingerprint density at radius 3 is 2.48 bits per heavy atom. The van der Waals surface area contributed by atoms with Crippen molar-refractivity contribution in [3.05, 3.63) is 23.5 Å². The van der Waals surface area contributed by atoms with Gasteiger partial charge in [-0.2, -0.15) is 4.31 Å². The minimum atomic E-state index is -3.65. The summed E-state index contributed by atoms with van der Waals surface area (Å²) in [5, 5.41) is 0.168. The molecule has 1 aromatic heterocycles. The lowest BCUT2D eigenvalue weighted by molar-refractivity contribution is -0.133. The van der Waals surface area contributed by atoms with Crippen molar-refractivity contribution in [3.8, 4) is 0 Å². The molecule has 0 radical (unpaired) electrons. The number of aromatic nitrogens is 1. The number of hydrogen-bond donors (Lipinski definition) is 0. The number of nitrogens with zero attached hydrogens (tertiary/aromatic N) is 3. The maximum Gasteiger partial charge on any atom is 0.246 e. The summed E-state index contributed by atoms with van der Waals surface area (Å²) in [5.74, 6) is 0.326. The van der Waals surface area contributed by atoms with Gasteiger partial charge in [-0.05, 0) is 18.9 Å². The van der Waals surface area contributed by atoms with Gasteiger partial charge in [0.05, 0.1) is 5.02 Å². The van der Waals surface area contributed by atoms with Crippen LogP contribution < -0.4 is 0 Å². The third kappa shape index (κ3) is 2.90. The second-order valence-corrected chi connectivity index (χ2v) is 7.62. The first-order valence-corrected chi connectivity index (χ1v) is 8.70. The highest BCUT2D eigenvalue weighted by molar-refractivity contribution is 7.89. The van der Waals surface area contributed by atoms with Crippen molar-refractivity contribution in [1.29, 1.82) is 0 Å². The topological polar surface area (TPSA) is 70.6 Å². The first kappa shape index (κ1) is 14.7. The van der Waals surface area contributed by atoms with Gasteiger partial charge < -0.3 is 4.90 Å². The van der Waals surface area contributed by atoms with Crippen molar-refractivity contribution in [2.45, 2.75) is 17.7 Å². The number of amides is 1. The van der Waals surface area contributed by atoms with Gasteiger partial charge in [-0.3, -0.25) is 9.78 Å². The minimum absolute atomic E-state index is 0.0219. The van der Waals surface area contributed by atoms with Gasteiger partial charge in [0.25, 0.3) is 0 Å². The highest BCUT2D eigenvalue weighted by Crippen LogP contribution is 2.31. The van der Waals surface area contributed by atoms with Crippen LogP contribution in [0.4, 0.5) is 0 Å². The highest BCUT2D eigenvalue weighted by Gasteiger charge is 2.37. The van der Waals surface area contributed by atoms with Gasteiger partial charge in [0.2, 0.25) is 15.9 Å². The number of hydrogen-bond acceptors (Lipinski definition) is 4. The summed E-state index contributed by atoms with van der Waals surface area (Å²) in [6, 6.07) is 1.46. The van der Waals surface area contributed by atoms with E-state index in [9.17, 15) is 13.2 Å². The van der Waals surface area contributed by atoms with Gasteiger partial charge in [0.1, 0.15) is 4.90 Å². The van der Waals surface area contributed by atoms with E-state index in [2.05, 4.69) is 4.98 Å². The average molecular weight is 330 g/mol. The lowest BCUT2D eigenvalue weighted by atomic mass is 10.3. The summed E-state index contributed by atoms with van der Waals surface area (Å²) in [7, 11) is -3.65. The van der Waals surface area contributed by atoms with E-state index in [0.29, 0.717) is 26.2 Å². The molecule has 0 N–H and O–H groups in total. The molecular weight excluding hydrogens is 314 g/mol. The summed E-state index contributed by atoms with van der Waals surface area (Å²) < 4.78 is 26.4. The standard InChI is InChI=1S/C13H16ClN3O3S/c14-11-3-4-15-9-12(11)21(19,20)17-7-5-16(6-8-17)13(18)10-1-2-10/h3-4,9-10H,1-2,5-8H2. The van der Waals surface area contributed by atoms with Crippen molar-refractivity contribution in [2.24, 2.45) is 5.92 Å². The summed E-state index contributed by atoms with van der Waals surface area (Å²) >= 11 is 5.95. The summed E-state index contributed by atoms with van der Waals surface area (Å²) in [4.78, 5) is 17.6. The first-order chi connectivity index (χ1) is 10.00. The Hall–Kier alpha value is -1.18. The van der Waals surface area contributed by atoms with Crippen LogP contribution in [0.15, 0.2) is 23.4 Å². The molecule has 3 rings (SSSR count). The molecule has 6 nitrogen and oxygen atoms in total. The normalized spacial score (nSPS) is 20.5. The molecule has 0 spiro atoms. The van der Waals surface area contributed by atoms with Gasteiger partial charge in [0, 0.05) is 44.5 Å². The highest BCUT2D eigenvalue weighted by atomic mass is 35.5. The van der Waals surface area contributed by atoms with Gasteiger partial charge in [0.15, 0.2) is 0 Å². The molecule has 1 saturated carbocycles. The third-order valence-electron chi connectivity index (χ3n) is 3.83. The van der Waals surface area contributed by atoms with Crippen molar-refractivity contribution < 1.29 is 13.2 Å². The zero-order chi connectivity index (χ0) is 15.0. The number of rotatable bonds is 3. The second kappa shape index (κ2) is 5.55. The van der Waals surface area contributed by atoms with E-state index >= 15 is 0 Å². The van der Waals surface area contributed by atoms with Crippen molar-refractivity contribution in [2.75, 3.05) is 26.2 Å². The summed E-state index contributed by atoms with van der Waals surface area (Å²) in [6.45, 7) is 1.47. The Labute approximate surface area is 128 Å². The molecule has 1 amide bonds. The third-order valence-corrected chi connectivity index (χ3v) is 6.20. The Kier molecular flexibility index (Phi) is 3.90. The number of halogens is 1.